The number of aromatic amines is 1. The van der Waals surface area contributed by atoms with E-state index in [0.717, 1.165) is 22.2 Å². The number of aryl methyl sites for hydroxylation is 1. The number of thiazole rings is 1. The van der Waals surface area contributed by atoms with Crippen LogP contribution >= 0.6 is 11.3 Å². The van der Waals surface area contributed by atoms with Gasteiger partial charge in [-0.15, -0.1) is 11.3 Å². The fourth-order valence-corrected chi connectivity index (χ4v) is 2.90. The van der Waals surface area contributed by atoms with E-state index in [1.807, 2.05) is 36.6 Å². The van der Waals surface area contributed by atoms with E-state index >= 15 is 0 Å². The van der Waals surface area contributed by atoms with Gasteiger partial charge in [-0.05, 0) is 18.6 Å². The molecule has 2 aromatic heterocycles. The van der Waals surface area contributed by atoms with Gasteiger partial charge in [-0.2, -0.15) is 0 Å². The smallest absolute Gasteiger partial charge is 0.310 e. The molecule has 0 aliphatic rings. The summed E-state index contributed by atoms with van der Waals surface area (Å²) in [5.41, 5.74) is 2.65. The molecule has 0 bridgehead atoms. The Hall–Kier alpha value is -2.67. The van der Waals surface area contributed by atoms with Crippen molar-refractivity contribution in [3.05, 3.63) is 47.1 Å². The number of nitrogens with one attached hydrogen (secondary N) is 2. The first-order chi connectivity index (χ1) is 11.1. The van der Waals surface area contributed by atoms with E-state index in [0.29, 0.717) is 5.13 Å². The Morgan fingerprint density at radius 3 is 2.96 bits per heavy atom. The second kappa shape index (κ2) is 6.62. The Labute approximate surface area is 136 Å². The minimum Gasteiger partial charge on any atom is -0.455 e. The Morgan fingerprint density at radius 2 is 2.17 bits per heavy atom. The van der Waals surface area contributed by atoms with E-state index in [9.17, 15) is 9.59 Å². The van der Waals surface area contributed by atoms with Crippen LogP contribution in [0.5, 0.6) is 0 Å². The van der Waals surface area contributed by atoms with Crippen LogP contribution in [0.3, 0.4) is 0 Å². The van der Waals surface area contributed by atoms with Gasteiger partial charge in [0.1, 0.15) is 0 Å². The minimum absolute atomic E-state index is 0.119. The van der Waals surface area contributed by atoms with Crippen LogP contribution in [-0.2, 0) is 20.7 Å². The summed E-state index contributed by atoms with van der Waals surface area (Å²) in [7, 11) is 0. The molecule has 0 spiro atoms. The third-order valence-corrected chi connectivity index (χ3v) is 4.11. The third kappa shape index (κ3) is 3.75. The number of carbonyl (C=O) groups is 2. The molecule has 1 aromatic carbocycles. The van der Waals surface area contributed by atoms with Gasteiger partial charge in [0.25, 0.3) is 5.91 Å². The van der Waals surface area contributed by atoms with Crippen molar-refractivity contribution in [3.8, 4) is 0 Å². The molecule has 0 aliphatic heterocycles. The lowest BCUT2D eigenvalue weighted by Crippen LogP contribution is -2.21. The SMILES string of the molecule is Cc1csc(NC(=O)COC(=O)Cc2c[nH]c3ccccc23)n1. The van der Waals surface area contributed by atoms with Gasteiger partial charge < -0.3 is 9.72 Å². The Bertz CT molecular complexity index is 853. The number of nitrogens with zero attached hydrogens (tertiary/aromatic N) is 1. The molecule has 0 aliphatic carbocycles. The molecule has 0 saturated carbocycles. The van der Waals surface area contributed by atoms with Gasteiger partial charge in [-0.25, -0.2) is 4.98 Å². The number of aromatic nitrogens is 2. The zero-order valence-corrected chi connectivity index (χ0v) is 13.3. The van der Waals surface area contributed by atoms with Gasteiger partial charge in [-0.1, -0.05) is 18.2 Å². The highest BCUT2D eigenvalue weighted by Gasteiger charge is 2.12. The monoisotopic (exact) mass is 329 g/mol. The van der Waals surface area contributed by atoms with E-state index in [1.165, 1.54) is 11.3 Å². The third-order valence-electron chi connectivity index (χ3n) is 3.24. The number of carbonyl (C=O) groups excluding carboxylic acids is 2. The van der Waals surface area contributed by atoms with Crippen LogP contribution < -0.4 is 5.32 Å². The lowest BCUT2D eigenvalue weighted by Gasteiger charge is -2.04. The van der Waals surface area contributed by atoms with E-state index in [1.54, 1.807) is 6.20 Å². The number of H-pyrrole nitrogens is 1. The summed E-state index contributed by atoms with van der Waals surface area (Å²) in [4.78, 5) is 30.8. The number of rotatable bonds is 5. The predicted molar refractivity (Wildman–Crippen MR) is 88.4 cm³/mol. The Balaban J connectivity index is 1.52. The van der Waals surface area contributed by atoms with Crippen LogP contribution in [0.25, 0.3) is 10.9 Å². The fraction of sp³-hybridized carbons (Fsp3) is 0.188. The Morgan fingerprint density at radius 1 is 1.35 bits per heavy atom. The van der Waals surface area contributed by atoms with Crippen LogP contribution in [0.4, 0.5) is 5.13 Å². The first-order valence-corrected chi connectivity index (χ1v) is 7.92. The second-order valence-electron chi connectivity index (χ2n) is 5.04. The number of hydrogen-bond donors (Lipinski definition) is 2. The molecular weight excluding hydrogens is 314 g/mol. The van der Waals surface area contributed by atoms with Gasteiger partial charge >= 0.3 is 5.97 Å². The van der Waals surface area contributed by atoms with E-state index < -0.39 is 11.9 Å². The van der Waals surface area contributed by atoms with Crippen LogP contribution in [-0.4, -0.2) is 28.5 Å². The molecular formula is C16H15N3O3S. The topological polar surface area (TPSA) is 84.1 Å². The van der Waals surface area contributed by atoms with Crippen molar-refractivity contribution in [2.75, 3.05) is 11.9 Å². The van der Waals surface area contributed by atoms with Crippen molar-refractivity contribution in [3.63, 3.8) is 0 Å². The Kier molecular flexibility index (Phi) is 4.38. The first-order valence-electron chi connectivity index (χ1n) is 7.04. The molecule has 0 saturated heterocycles. The molecule has 23 heavy (non-hydrogen) atoms. The average Bonchev–Trinajstić information content (AvgIpc) is 3.12. The quantitative estimate of drug-likeness (QED) is 0.705. The molecule has 6 nitrogen and oxygen atoms in total. The van der Waals surface area contributed by atoms with Gasteiger partial charge in [0.15, 0.2) is 11.7 Å². The van der Waals surface area contributed by atoms with Crippen molar-refractivity contribution in [2.45, 2.75) is 13.3 Å². The van der Waals surface area contributed by atoms with Crippen LogP contribution in [0, 0.1) is 6.92 Å². The van der Waals surface area contributed by atoms with Gasteiger partial charge in [0.05, 0.1) is 12.1 Å². The number of benzene rings is 1. The maximum absolute atomic E-state index is 11.9. The van der Waals surface area contributed by atoms with Crippen molar-refractivity contribution in [1.82, 2.24) is 9.97 Å². The predicted octanol–water partition coefficient (Wildman–Crippen LogP) is 2.66. The number of fused-ring (bicyclic) bond motifs is 1. The second-order valence-corrected chi connectivity index (χ2v) is 5.90. The zero-order chi connectivity index (χ0) is 16.2. The van der Waals surface area contributed by atoms with E-state index in [2.05, 4.69) is 15.3 Å². The van der Waals surface area contributed by atoms with Crippen LogP contribution in [0.1, 0.15) is 11.3 Å². The summed E-state index contributed by atoms with van der Waals surface area (Å²) < 4.78 is 5.02. The molecule has 0 radical (unpaired) electrons. The van der Waals surface area contributed by atoms with Gasteiger partial charge in [0, 0.05) is 22.5 Å². The molecule has 2 heterocycles. The molecule has 118 valence electrons. The molecule has 0 fully saturated rings. The summed E-state index contributed by atoms with van der Waals surface area (Å²) in [6.45, 7) is 1.52. The molecule has 0 unspecified atom stereocenters. The van der Waals surface area contributed by atoms with Gasteiger partial charge in [0.2, 0.25) is 0 Å². The number of anilines is 1. The number of esters is 1. The number of ether oxygens (including phenoxy) is 1. The summed E-state index contributed by atoms with van der Waals surface area (Å²) in [6.07, 6.45) is 1.90. The summed E-state index contributed by atoms with van der Waals surface area (Å²) in [5.74, 6) is -0.841. The lowest BCUT2D eigenvalue weighted by molar-refractivity contribution is -0.146. The van der Waals surface area contributed by atoms with Crippen molar-refractivity contribution >= 4 is 39.2 Å². The van der Waals surface area contributed by atoms with E-state index in [-0.39, 0.29) is 13.0 Å². The average molecular weight is 329 g/mol. The maximum Gasteiger partial charge on any atom is 0.310 e. The highest BCUT2D eigenvalue weighted by Crippen LogP contribution is 2.18. The minimum atomic E-state index is -0.444. The highest BCUT2D eigenvalue weighted by atomic mass is 32.1. The highest BCUT2D eigenvalue weighted by molar-refractivity contribution is 7.13. The summed E-state index contributed by atoms with van der Waals surface area (Å²) >= 11 is 1.33. The zero-order valence-electron chi connectivity index (χ0n) is 12.5. The lowest BCUT2D eigenvalue weighted by atomic mass is 10.1. The standard InChI is InChI=1S/C16H15N3O3S/c1-10-9-23-16(18-10)19-14(20)8-22-15(21)6-11-7-17-13-5-3-2-4-12(11)13/h2-5,7,9,17H,6,8H2,1H3,(H,18,19,20). The molecule has 3 aromatic rings. The fourth-order valence-electron chi connectivity index (χ4n) is 2.20. The molecule has 3 rings (SSSR count). The van der Waals surface area contributed by atoms with Crippen molar-refractivity contribution < 1.29 is 14.3 Å². The van der Waals surface area contributed by atoms with Crippen molar-refractivity contribution in [2.24, 2.45) is 0 Å². The largest absolute Gasteiger partial charge is 0.455 e. The normalized spacial score (nSPS) is 10.7. The number of amides is 1. The maximum atomic E-state index is 11.9. The van der Waals surface area contributed by atoms with E-state index in [4.69, 9.17) is 4.74 Å². The number of hydrogen-bond acceptors (Lipinski definition) is 5. The molecule has 1 amide bonds. The molecule has 7 heteroatoms. The summed E-state index contributed by atoms with van der Waals surface area (Å²) in [5, 5.41) is 5.90. The van der Waals surface area contributed by atoms with Crippen molar-refractivity contribution in [1.29, 1.82) is 0 Å². The van der Waals surface area contributed by atoms with Gasteiger partial charge in [-0.3, -0.25) is 14.9 Å². The number of para-hydroxylation sites is 1. The molecule has 0 atom stereocenters. The van der Waals surface area contributed by atoms with Crippen LogP contribution in [0.2, 0.25) is 0 Å². The molecule has 2 N–H and O–H groups in total. The van der Waals surface area contributed by atoms with Crippen LogP contribution in [0.15, 0.2) is 35.8 Å². The summed E-state index contributed by atoms with van der Waals surface area (Å²) in [6, 6.07) is 7.71. The first kappa shape index (κ1) is 15.2.